The average Bonchev–Trinajstić information content (AvgIpc) is 2.91. The van der Waals surface area contributed by atoms with E-state index in [1.165, 1.54) is 11.0 Å². The number of aliphatic carboxylic acids is 1. The Morgan fingerprint density at radius 2 is 1.85 bits per heavy atom. The van der Waals surface area contributed by atoms with Gasteiger partial charge in [-0.25, -0.2) is 14.4 Å². The highest BCUT2D eigenvalue weighted by Gasteiger charge is 2.51. The van der Waals surface area contributed by atoms with Gasteiger partial charge in [-0.15, -0.1) is 0 Å². The summed E-state index contributed by atoms with van der Waals surface area (Å²) in [7, 11) is 0. The van der Waals surface area contributed by atoms with Gasteiger partial charge >= 0.3 is 18.2 Å². The summed E-state index contributed by atoms with van der Waals surface area (Å²) in [5.41, 5.74) is -0.867. The van der Waals surface area contributed by atoms with E-state index < -0.39 is 23.7 Å². The molecule has 0 unspecified atom stereocenters. The van der Waals surface area contributed by atoms with Crippen molar-refractivity contribution in [2.24, 2.45) is 5.41 Å². The lowest BCUT2D eigenvalue weighted by molar-refractivity contribution is -0.141. The lowest BCUT2D eigenvalue weighted by Crippen LogP contribution is -2.46. The van der Waals surface area contributed by atoms with E-state index in [2.05, 4.69) is 6.58 Å². The molecule has 0 saturated carbocycles. The Kier molecular flexibility index (Phi) is 5.83. The maximum Gasteiger partial charge on any atom is 0.410 e. The second-order valence-electron chi connectivity index (χ2n) is 8.02. The number of ether oxygens (including phenoxy) is 2. The van der Waals surface area contributed by atoms with Crippen LogP contribution in [0.1, 0.15) is 40.0 Å². The number of amides is 2. The predicted octanol–water partition coefficient (Wildman–Crippen LogP) is 2.49. The number of hydrogen-bond donors (Lipinski definition) is 1. The average molecular weight is 368 g/mol. The van der Waals surface area contributed by atoms with Crippen LogP contribution in [0.5, 0.6) is 0 Å². The number of carboxylic acids is 1. The molecule has 2 aliphatic rings. The molecule has 2 rings (SSSR count). The monoisotopic (exact) mass is 368 g/mol. The van der Waals surface area contributed by atoms with Gasteiger partial charge in [0.1, 0.15) is 18.2 Å². The molecule has 0 radical (unpaired) electrons. The zero-order chi connectivity index (χ0) is 19.5. The highest BCUT2D eigenvalue weighted by molar-refractivity contribution is 5.81. The molecule has 26 heavy (non-hydrogen) atoms. The van der Waals surface area contributed by atoms with Crippen molar-refractivity contribution in [3.63, 3.8) is 0 Å². The number of carboxylic acid groups (broad SMARTS) is 1. The number of piperidine rings is 1. The summed E-state index contributed by atoms with van der Waals surface area (Å²) in [4.78, 5) is 38.9. The van der Waals surface area contributed by atoms with Gasteiger partial charge in [0.2, 0.25) is 0 Å². The number of likely N-dealkylation sites (tertiary alicyclic amines) is 2. The summed E-state index contributed by atoms with van der Waals surface area (Å²) in [5.74, 6) is -1.04. The molecule has 0 aromatic carbocycles. The first-order chi connectivity index (χ1) is 12.1. The molecular formula is C18H28N2O6. The van der Waals surface area contributed by atoms with Crippen LogP contribution in [-0.4, -0.2) is 70.9 Å². The van der Waals surface area contributed by atoms with Crippen LogP contribution < -0.4 is 0 Å². The zero-order valence-electron chi connectivity index (χ0n) is 15.7. The van der Waals surface area contributed by atoms with Crippen molar-refractivity contribution in [3.8, 4) is 0 Å². The van der Waals surface area contributed by atoms with E-state index >= 15 is 0 Å². The Bertz CT molecular complexity index is 575. The third-order valence-electron chi connectivity index (χ3n) is 4.83. The number of carbonyl (C=O) groups excluding carboxylic acids is 2. The highest BCUT2D eigenvalue weighted by atomic mass is 16.6. The SMILES string of the molecule is C=CCOC(=O)N1CC2(CCN(C(=O)OC(C)(C)C)CC2)C[C@H]1C(=O)O. The van der Waals surface area contributed by atoms with Crippen LogP contribution in [-0.2, 0) is 14.3 Å². The van der Waals surface area contributed by atoms with Crippen LogP contribution in [0.2, 0.25) is 0 Å². The Morgan fingerprint density at radius 1 is 1.23 bits per heavy atom. The van der Waals surface area contributed by atoms with Crippen LogP contribution in [0.25, 0.3) is 0 Å². The summed E-state index contributed by atoms with van der Waals surface area (Å²) in [6.45, 7) is 10.3. The Hall–Kier alpha value is -2.25. The molecule has 8 heteroatoms. The van der Waals surface area contributed by atoms with Gasteiger partial charge < -0.3 is 19.5 Å². The maximum atomic E-state index is 12.2. The Labute approximate surface area is 153 Å². The van der Waals surface area contributed by atoms with Crippen LogP contribution in [0, 0.1) is 5.41 Å². The summed E-state index contributed by atoms with van der Waals surface area (Å²) >= 11 is 0. The molecule has 0 aliphatic carbocycles. The van der Waals surface area contributed by atoms with Gasteiger partial charge in [0.05, 0.1) is 0 Å². The molecule has 2 amide bonds. The smallest absolute Gasteiger partial charge is 0.410 e. The molecule has 1 atom stereocenters. The van der Waals surface area contributed by atoms with Crippen molar-refractivity contribution in [2.75, 3.05) is 26.2 Å². The van der Waals surface area contributed by atoms with Crippen molar-refractivity contribution in [2.45, 2.75) is 51.7 Å². The normalized spacial score (nSPS) is 22.2. The van der Waals surface area contributed by atoms with Gasteiger partial charge in [0.15, 0.2) is 0 Å². The fourth-order valence-corrected chi connectivity index (χ4v) is 3.53. The summed E-state index contributed by atoms with van der Waals surface area (Å²) in [6.07, 6.45) is 2.07. The van der Waals surface area contributed by atoms with Crippen LogP contribution in [0.3, 0.4) is 0 Å². The van der Waals surface area contributed by atoms with Crippen molar-refractivity contribution in [1.29, 1.82) is 0 Å². The van der Waals surface area contributed by atoms with Gasteiger partial charge in [-0.3, -0.25) is 4.90 Å². The van der Waals surface area contributed by atoms with Crippen LogP contribution in [0.4, 0.5) is 9.59 Å². The van der Waals surface area contributed by atoms with E-state index in [0.29, 0.717) is 38.9 Å². The fraction of sp³-hybridized carbons (Fsp3) is 0.722. The predicted molar refractivity (Wildman–Crippen MR) is 93.8 cm³/mol. The first kappa shape index (κ1) is 20.1. The first-order valence-electron chi connectivity index (χ1n) is 8.82. The van der Waals surface area contributed by atoms with E-state index in [4.69, 9.17) is 9.47 Å². The molecule has 0 bridgehead atoms. The summed E-state index contributed by atoms with van der Waals surface area (Å²) in [5, 5.41) is 9.49. The van der Waals surface area contributed by atoms with Gasteiger partial charge in [-0.2, -0.15) is 0 Å². The number of rotatable bonds is 3. The largest absolute Gasteiger partial charge is 0.480 e. The molecule has 2 saturated heterocycles. The lowest BCUT2D eigenvalue weighted by Gasteiger charge is -2.39. The van der Waals surface area contributed by atoms with Crippen molar-refractivity contribution in [3.05, 3.63) is 12.7 Å². The fourth-order valence-electron chi connectivity index (χ4n) is 3.53. The van der Waals surface area contributed by atoms with E-state index in [1.54, 1.807) is 4.90 Å². The minimum Gasteiger partial charge on any atom is -0.480 e. The third kappa shape index (κ3) is 4.68. The van der Waals surface area contributed by atoms with Gasteiger partial charge in [0.25, 0.3) is 0 Å². The van der Waals surface area contributed by atoms with Crippen molar-refractivity contribution in [1.82, 2.24) is 9.80 Å². The Balaban J connectivity index is 2.01. The molecule has 0 aromatic heterocycles. The molecule has 0 aromatic rings. The second-order valence-corrected chi connectivity index (χ2v) is 8.02. The second kappa shape index (κ2) is 7.55. The maximum absolute atomic E-state index is 12.2. The molecular weight excluding hydrogens is 340 g/mol. The molecule has 8 nitrogen and oxygen atoms in total. The number of nitrogens with zero attached hydrogens (tertiary/aromatic N) is 2. The van der Waals surface area contributed by atoms with Crippen molar-refractivity contribution < 1.29 is 29.0 Å². The number of hydrogen-bond acceptors (Lipinski definition) is 5. The van der Waals surface area contributed by atoms with E-state index in [0.717, 1.165) is 0 Å². The van der Waals surface area contributed by atoms with Gasteiger partial charge in [-0.1, -0.05) is 12.7 Å². The standard InChI is InChI=1S/C18H28N2O6/c1-5-10-25-16(24)20-12-18(11-13(20)14(21)22)6-8-19(9-7-18)15(23)26-17(2,3)4/h5,13H,1,6-12H2,2-4H3,(H,21,22)/t13-/m0/s1. The van der Waals surface area contributed by atoms with E-state index in [9.17, 15) is 19.5 Å². The molecule has 146 valence electrons. The number of carbonyl (C=O) groups is 3. The molecule has 2 fully saturated rings. The zero-order valence-corrected chi connectivity index (χ0v) is 15.7. The summed E-state index contributed by atoms with van der Waals surface area (Å²) in [6, 6.07) is -0.902. The minimum absolute atomic E-state index is 0.0428. The van der Waals surface area contributed by atoms with E-state index in [1.807, 2.05) is 20.8 Å². The minimum atomic E-state index is -1.04. The quantitative estimate of drug-likeness (QED) is 0.769. The summed E-state index contributed by atoms with van der Waals surface area (Å²) < 4.78 is 10.4. The molecule has 1 N–H and O–H groups in total. The third-order valence-corrected chi connectivity index (χ3v) is 4.83. The van der Waals surface area contributed by atoms with Crippen molar-refractivity contribution >= 4 is 18.2 Å². The molecule has 1 spiro atoms. The van der Waals surface area contributed by atoms with Crippen LogP contribution in [0.15, 0.2) is 12.7 Å². The lowest BCUT2D eigenvalue weighted by atomic mass is 9.76. The Morgan fingerprint density at radius 3 is 2.35 bits per heavy atom. The first-order valence-corrected chi connectivity index (χ1v) is 8.82. The topological polar surface area (TPSA) is 96.4 Å². The van der Waals surface area contributed by atoms with Gasteiger partial charge in [0, 0.05) is 19.6 Å². The molecule has 2 heterocycles. The highest BCUT2D eigenvalue weighted by Crippen LogP contribution is 2.43. The van der Waals surface area contributed by atoms with Gasteiger partial charge in [-0.05, 0) is 45.4 Å². The van der Waals surface area contributed by atoms with E-state index in [-0.39, 0.29) is 18.1 Å². The molecule has 2 aliphatic heterocycles. The van der Waals surface area contributed by atoms with Crippen LogP contribution >= 0.6 is 0 Å².